The maximum atomic E-state index is 13.5. The molecule has 1 N–H and O–H groups in total. The molecule has 0 heterocycles. The number of rotatable bonds is 10. The van der Waals surface area contributed by atoms with Crippen molar-refractivity contribution in [3.05, 3.63) is 64.2 Å². The van der Waals surface area contributed by atoms with E-state index in [9.17, 15) is 31.2 Å². The highest BCUT2D eigenvalue weighted by molar-refractivity contribution is 7.92. The number of aryl methyl sites for hydroxylation is 1. The van der Waals surface area contributed by atoms with E-state index in [0.29, 0.717) is 22.4 Å². The average Bonchev–Trinajstić information content (AvgIpc) is 2.79. The highest BCUT2D eigenvalue weighted by Gasteiger charge is 2.35. The molecule has 2 aromatic carbocycles. The highest BCUT2D eigenvalue weighted by Crippen LogP contribution is 2.37. The first kappa shape index (κ1) is 30.4. The van der Waals surface area contributed by atoms with Crippen LogP contribution in [0, 0.1) is 6.92 Å². The third kappa shape index (κ3) is 8.36. The molecule has 204 valence electrons. The molecule has 0 radical (unpaired) electrons. The van der Waals surface area contributed by atoms with Crippen molar-refractivity contribution < 1.29 is 31.2 Å². The second-order valence-corrected chi connectivity index (χ2v) is 11.3. The van der Waals surface area contributed by atoms with Gasteiger partial charge in [-0.15, -0.1) is 0 Å². The second kappa shape index (κ2) is 12.2. The molecule has 0 bridgehead atoms. The molecule has 0 aliphatic carbocycles. The molecule has 0 saturated carbocycles. The number of sulfonamides is 1. The van der Waals surface area contributed by atoms with Gasteiger partial charge in [-0.1, -0.05) is 48.4 Å². The summed E-state index contributed by atoms with van der Waals surface area (Å²) in [5.74, 6) is -1.20. The molecule has 2 amide bonds. The van der Waals surface area contributed by atoms with E-state index in [1.165, 1.54) is 11.8 Å². The fraction of sp³-hybridized carbons (Fsp3) is 0.440. The molecule has 2 aromatic rings. The SMILES string of the molecule is CCC(C)NC(=O)C(C)N(Cc1cccc(C)c1)C(=O)CN(c1ccc(Cl)c(C(F)(F)F)c1)S(C)(=O)=O. The number of alkyl halides is 3. The lowest BCUT2D eigenvalue weighted by molar-refractivity contribution is -0.139. The molecule has 0 aromatic heterocycles. The summed E-state index contributed by atoms with van der Waals surface area (Å²) < 4.78 is 66.0. The first-order valence-electron chi connectivity index (χ1n) is 11.5. The van der Waals surface area contributed by atoms with Crippen molar-refractivity contribution in [2.45, 2.75) is 58.9 Å². The van der Waals surface area contributed by atoms with Gasteiger partial charge in [0, 0.05) is 12.6 Å². The van der Waals surface area contributed by atoms with Crippen LogP contribution in [0.2, 0.25) is 5.02 Å². The minimum Gasteiger partial charge on any atom is -0.352 e. The van der Waals surface area contributed by atoms with Crippen LogP contribution in [0.15, 0.2) is 42.5 Å². The van der Waals surface area contributed by atoms with Crippen molar-refractivity contribution in [2.24, 2.45) is 0 Å². The van der Waals surface area contributed by atoms with Crippen LogP contribution in [0.4, 0.5) is 18.9 Å². The lowest BCUT2D eigenvalue weighted by Gasteiger charge is -2.32. The monoisotopic (exact) mass is 561 g/mol. The number of anilines is 1. The van der Waals surface area contributed by atoms with Gasteiger partial charge in [0.1, 0.15) is 12.6 Å². The molecular weight excluding hydrogens is 531 g/mol. The molecular formula is C25H31ClF3N3O4S. The van der Waals surface area contributed by atoms with E-state index in [1.54, 1.807) is 12.1 Å². The molecule has 2 rings (SSSR count). The van der Waals surface area contributed by atoms with Crippen molar-refractivity contribution in [2.75, 3.05) is 17.1 Å². The molecule has 0 aliphatic rings. The maximum Gasteiger partial charge on any atom is 0.417 e. The van der Waals surface area contributed by atoms with Crippen LogP contribution in [-0.2, 0) is 32.3 Å². The van der Waals surface area contributed by atoms with Crippen molar-refractivity contribution >= 4 is 39.1 Å². The van der Waals surface area contributed by atoms with E-state index in [4.69, 9.17) is 11.6 Å². The predicted molar refractivity (Wildman–Crippen MR) is 138 cm³/mol. The minimum absolute atomic E-state index is 0.0123. The quantitative estimate of drug-likeness (QED) is 0.453. The zero-order valence-corrected chi connectivity index (χ0v) is 22.8. The van der Waals surface area contributed by atoms with Gasteiger partial charge in [0.25, 0.3) is 0 Å². The highest BCUT2D eigenvalue weighted by atomic mass is 35.5. The number of hydrogen-bond acceptors (Lipinski definition) is 4. The Hall–Kier alpha value is -2.79. The topological polar surface area (TPSA) is 86.8 Å². The van der Waals surface area contributed by atoms with Crippen LogP contribution in [0.25, 0.3) is 0 Å². The Morgan fingerprint density at radius 2 is 1.76 bits per heavy atom. The number of carbonyl (C=O) groups excluding carboxylic acids is 2. The normalized spacial score (nSPS) is 13.5. The molecule has 0 fully saturated rings. The summed E-state index contributed by atoms with van der Waals surface area (Å²) in [5.41, 5.74) is 0.0129. The lowest BCUT2D eigenvalue weighted by Crippen LogP contribution is -2.52. The number of nitrogens with one attached hydrogen (secondary N) is 1. The Morgan fingerprint density at radius 1 is 1.11 bits per heavy atom. The van der Waals surface area contributed by atoms with E-state index >= 15 is 0 Å². The molecule has 0 spiro atoms. The van der Waals surface area contributed by atoms with Gasteiger partial charge in [0.2, 0.25) is 21.8 Å². The van der Waals surface area contributed by atoms with Crippen molar-refractivity contribution in [1.29, 1.82) is 0 Å². The Kier molecular flexibility index (Phi) is 10.0. The van der Waals surface area contributed by atoms with E-state index in [-0.39, 0.29) is 18.3 Å². The smallest absolute Gasteiger partial charge is 0.352 e. The Labute approximate surface area is 220 Å². The third-order valence-corrected chi connectivity index (χ3v) is 7.30. The van der Waals surface area contributed by atoms with E-state index < -0.39 is 51.2 Å². The summed E-state index contributed by atoms with van der Waals surface area (Å²) in [6.45, 7) is 6.24. The molecule has 2 unspecified atom stereocenters. The number of halogens is 4. The molecule has 0 saturated heterocycles. The predicted octanol–water partition coefficient (Wildman–Crippen LogP) is 4.77. The fourth-order valence-electron chi connectivity index (χ4n) is 3.55. The zero-order chi connectivity index (χ0) is 28.1. The van der Waals surface area contributed by atoms with Gasteiger partial charge < -0.3 is 10.2 Å². The lowest BCUT2D eigenvalue weighted by atomic mass is 10.1. The first-order valence-corrected chi connectivity index (χ1v) is 13.8. The number of amides is 2. The van der Waals surface area contributed by atoms with Crippen molar-refractivity contribution in [1.82, 2.24) is 10.2 Å². The van der Waals surface area contributed by atoms with Crippen LogP contribution in [0.1, 0.15) is 43.9 Å². The summed E-state index contributed by atoms with van der Waals surface area (Å²) in [7, 11) is -4.20. The second-order valence-electron chi connectivity index (χ2n) is 8.94. The van der Waals surface area contributed by atoms with Crippen LogP contribution in [0.3, 0.4) is 0 Å². The summed E-state index contributed by atoms with van der Waals surface area (Å²) in [6, 6.07) is 8.68. The van der Waals surface area contributed by atoms with Gasteiger partial charge in [0.05, 0.1) is 22.5 Å². The average molecular weight is 562 g/mol. The van der Waals surface area contributed by atoms with Gasteiger partial charge >= 0.3 is 6.18 Å². The molecule has 12 heteroatoms. The van der Waals surface area contributed by atoms with Gasteiger partial charge in [-0.05, 0) is 51.0 Å². The molecule has 37 heavy (non-hydrogen) atoms. The summed E-state index contributed by atoms with van der Waals surface area (Å²) in [4.78, 5) is 27.6. The van der Waals surface area contributed by atoms with Crippen molar-refractivity contribution in [3.63, 3.8) is 0 Å². The van der Waals surface area contributed by atoms with Gasteiger partial charge in [-0.2, -0.15) is 13.2 Å². The van der Waals surface area contributed by atoms with Crippen molar-refractivity contribution in [3.8, 4) is 0 Å². The molecule has 7 nitrogen and oxygen atoms in total. The largest absolute Gasteiger partial charge is 0.417 e. The van der Waals surface area contributed by atoms with Crippen LogP contribution in [-0.4, -0.2) is 50.0 Å². The standard InChI is InChI=1S/C25H31ClF3N3O4S/c1-6-17(3)30-24(34)18(4)31(14-19-9-7-8-16(2)12-19)23(33)15-32(37(5,35)36)20-10-11-22(26)21(13-20)25(27,28)29/h7-13,17-18H,6,14-15H2,1-5H3,(H,30,34). The minimum atomic E-state index is -4.83. The van der Waals surface area contributed by atoms with E-state index in [2.05, 4.69) is 5.32 Å². The van der Waals surface area contributed by atoms with Crippen LogP contribution >= 0.6 is 11.6 Å². The summed E-state index contributed by atoms with van der Waals surface area (Å²) in [5, 5.41) is 2.20. The molecule has 2 atom stereocenters. The Morgan fingerprint density at radius 3 is 2.30 bits per heavy atom. The number of nitrogens with zero attached hydrogens (tertiary/aromatic N) is 2. The summed E-state index contributed by atoms with van der Waals surface area (Å²) >= 11 is 5.68. The van der Waals surface area contributed by atoms with Gasteiger partial charge in [0.15, 0.2) is 0 Å². The van der Waals surface area contributed by atoms with Gasteiger partial charge in [-0.25, -0.2) is 8.42 Å². The zero-order valence-electron chi connectivity index (χ0n) is 21.3. The Bertz CT molecular complexity index is 1240. The van der Waals surface area contributed by atoms with E-state index in [0.717, 1.165) is 24.0 Å². The van der Waals surface area contributed by atoms with Crippen LogP contribution < -0.4 is 9.62 Å². The number of benzene rings is 2. The van der Waals surface area contributed by atoms with E-state index in [1.807, 2.05) is 32.9 Å². The number of hydrogen-bond donors (Lipinski definition) is 1. The first-order chi connectivity index (χ1) is 17.0. The third-order valence-electron chi connectivity index (χ3n) is 5.83. The number of carbonyl (C=O) groups is 2. The molecule has 0 aliphatic heterocycles. The van der Waals surface area contributed by atoms with Gasteiger partial charge in [-0.3, -0.25) is 13.9 Å². The summed E-state index contributed by atoms with van der Waals surface area (Å²) in [6.07, 6.45) is -3.39. The maximum absolute atomic E-state index is 13.5. The fourth-order valence-corrected chi connectivity index (χ4v) is 4.62. The van der Waals surface area contributed by atoms with Crippen LogP contribution in [0.5, 0.6) is 0 Å². The Balaban J connectivity index is 2.48.